The topological polar surface area (TPSA) is 38.0 Å². The lowest BCUT2D eigenvalue weighted by molar-refractivity contribution is 0.211. The van der Waals surface area contributed by atoms with Crippen LogP contribution in [0.2, 0.25) is 0 Å². The van der Waals surface area contributed by atoms with E-state index >= 15 is 0 Å². The summed E-state index contributed by atoms with van der Waals surface area (Å²) >= 11 is 0. The van der Waals surface area contributed by atoms with Gasteiger partial charge in [-0.1, -0.05) is 32.1 Å². The average molecular weight is 196 g/mol. The van der Waals surface area contributed by atoms with Crippen LogP contribution < -0.4 is 11.3 Å². The van der Waals surface area contributed by atoms with E-state index in [-0.39, 0.29) is 0 Å². The van der Waals surface area contributed by atoms with Gasteiger partial charge in [0.05, 0.1) is 0 Å². The molecule has 0 aliphatic heterocycles. The molecule has 2 aliphatic rings. The van der Waals surface area contributed by atoms with E-state index in [4.69, 9.17) is 5.84 Å². The molecule has 2 fully saturated rings. The van der Waals surface area contributed by atoms with Crippen LogP contribution in [0.25, 0.3) is 0 Å². The normalized spacial score (nSPS) is 26.4. The van der Waals surface area contributed by atoms with Gasteiger partial charge in [-0.15, -0.1) is 0 Å². The second-order valence-corrected chi connectivity index (χ2v) is 5.19. The molecule has 1 unspecified atom stereocenters. The van der Waals surface area contributed by atoms with E-state index in [0.717, 1.165) is 11.8 Å². The van der Waals surface area contributed by atoms with Gasteiger partial charge in [0.1, 0.15) is 0 Å². The summed E-state index contributed by atoms with van der Waals surface area (Å²) in [7, 11) is 0. The van der Waals surface area contributed by atoms with Crippen LogP contribution in [0.3, 0.4) is 0 Å². The van der Waals surface area contributed by atoms with Gasteiger partial charge in [0, 0.05) is 6.04 Å². The summed E-state index contributed by atoms with van der Waals surface area (Å²) < 4.78 is 0. The minimum absolute atomic E-state index is 0.615. The van der Waals surface area contributed by atoms with Gasteiger partial charge < -0.3 is 0 Å². The SMILES string of the molecule is NNC(CCC1CCCC1)C1CCC1. The number of hydrazine groups is 1. The maximum Gasteiger partial charge on any atom is 0.0238 e. The zero-order valence-corrected chi connectivity index (χ0v) is 9.17. The predicted molar refractivity (Wildman–Crippen MR) is 59.6 cm³/mol. The van der Waals surface area contributed by atoms with E-state index in [1.165, 1.54) is 57.8 Å². The van der Waals surface area contributed by atoms with Crippen molar-refractivity contribution in [1.29, 1.82) is 0 Å². The van der Waals surface area contributed by atoms with E-state index in [1.807, 2.05) is 0 Å². The Morgan fingerprint density at radius 2 is 1.79 bits per heavy atom. The molecule has 2 aliphatic carbocycles. The molecule has 0 aromatic rings. The Balaban J connectivity index is 1.65. The molecule has 0 aromatic heterocycles. The molecule has 2 rings (SSSR count). The van der Waals surface area contributed by atoms with Crippen molar-refractivity contribution in [2.45, 2.75) is 63.8 Å². The molecule has 0 heterocycles. The fourth-order valence-electron chi connectivity index (χ4n) is 3.01. The second-order valence-electron chi connectivity index (χ2n) is 5.19. The summed E-state index contributed by atoms with van der Waals surface area (Å²) in [4.78, 5) is 0. The Morgan fingerprint density at radius 1 is 1.07 bits per heavy atom. The third-order valence-electron chi connectivity index (χ3n) is 4.29. The summed E-state index contributed by atoms with van der Waals surface area (Å²) in [6.45, 7) is 0. The Hall–Kier alpha value is -0.0800. The maximum absolute atomic E-state index is 5.62. The van der Waals surface area contributed by atoms with E-state index in [0.29, 0.717) is 6.04 Å². The van der Waals surface area contributed by atoms with Crippen molar-refractivity contribution in [2.24, 2.45) is 17.7 Å². The second kappa shape index (κ2) is 5.13. The highest BCUT2D eigenvalue weighted by atomic mass is 15.2. The third kappa shape index (κ3) is 2.48. The molecule has 2 heteroatoms. The summed E-state index contributed by atoms with van der Waals surface area (Å²) in [5, 5.41) is 0. The van der Waals surface area contributed by atoms with E-state index < -0.39 is 0 Å². The first kappa shape index (κ1) is 10.4. The van der Waals surface area contributed by atoms with Crippen LogP contribution in [0.15, 0.2) is 0 Å². The molecule has 14 heavy (non-hydrogen) atoms. The van der Waals surface area contributed by atoms with Crippen LogP contribution in [0.5, 0.6) is 0 Å². The number of hydrogen-bond donors (Lipinski definition) is 2. The molecular weight excluding hydrogens is 172 g/mol. The lowest BCUT2D eigenvalue weighted by Crippen LogP contribution is -2.43. The first-order valence-corrected chi connectivity index (χ1v) is 6.36. The molecule has 0 amide bonds. The van der Waals surface area contributed by atoms with Crippen LogP contribution in [0.1, 0.15) is 57.8 Å². The molecular formula is C12H24N2. The Morgan fingerprint density at radius 3 is 2.29 bits per heavy atom. The molecule has 0 saturated heterocycles. The van der Waals surface area contributed by atoms with Crippen molar-refractivity contribution >= 4 is 0 Å². The summed E-state index contributed by atoms with van der Waals surface area (Å²) in [5.41, 5.74) is 3.03. The number of rotatable bonds is 5. The first-order chi connectivity index (χ1) is 6.90. The highest BCUT2D eigenvalue weighted by molar-refractivity contribution is 4.82. The van der Waals surface area contributed by atoms with Gasteiger partial charge >= 0.3 is 0 Å². The standard InChI is InChI=1S/C12H24N2/c13-14-12(11-6-3-7-11)9-8-10-4-1-2-5-10/h10-12,14H,1-9,13H2. The number of nitrogens with two attached hydrogens (primary N) is 1. The van der Waals surface area contributed by atoms with Crippen molar-refractivity contribution < 1.29 is 0 Å². The Labute approximate surface area is 87.6 Å². The summed E-state index contributed by atoms with van der Waals surface area (Å²) in [5.74, 6) is 7.53. The minimum atomic E-state index is 0.615. The molecule has 82 valence electrons. The van der Waals surface area contributed by atoms with Crippen molar-refractivity contribution in [3.8, 4) is 0 Å². The molecule has 2 saturated carbocycles. The van der Waals surface area contributed by atoms with E-state index in [1.54, 1.807) is 0 Å². The van der Waals surface area contributed by atoms with Crippen LogP contribution in [0, 0.1) is 11.8 Å². The van der Waals surface area contributed by atoms with Gasteiger partial charge in [0.2, 0.25) is 0 Å². The smallest absolute Gasteiger partial charge is 0.0238 e. The average Bonchev–Trinajstić information content (AvgIpc) is 2.61. The summed E-state index contributed by atoms with van der Waals surface area (Å²) in [6.07, 6.45) is 12.8. The largest absolute Gasteiger partial charge is 0.271 e. The molecule has 0 bridgehead atoms. The Kier molecular flexibility index (Phi) is 3.82. The van der Waals surface area contributed by atoms with Crippen molar-refractivity contribution in [3.63, 3.8) is 0 Å². The van der Waals surface area contributed by atoms with Gasteiger partial charge in [-0.25, -0.2) is 0 Å². The molecule has 0 spiro atoms. The lowest BCUT2D eigenvalue weighted by atomic mass is 9.77. The fourth-order valence-corrected chi connectivity index (χ4v) is 3.01. The van der Waals surface area contributed by atoms with Crippen LogP contribution >= 0.6 is 0 Å². The molecule has 3 N–H and O–H groups in total. The zero-order chi connectivity index (χ0) is 9.80. The monoisotopic (exact) mass is 196 g/mol. The van der Waals surface area contributed by atoms with Gasteiger partial charge in [-0.05, 0) is 37.5 Å². The zero-order valence-electron chi connectivity index (χ0n) is 9.17. The summed E-state index contributed by atoms with van der Waals surface area (Å²) in [6, 6.07) is 0.615. The predicted octanol–water partition coefficient (Wildman–Crippen LogP) is 2.59. The van der Waals surface area contributed by atoms with Gasteiger partial charge in [-0.2, -0.15) is 0 Å². The maximum atomic E-state index is 5.62. The van der Waals surface area contributed by atoms with E-state index in [2.05, 4.69) is 5.43 Å². The van der Waals surface area contributed by atoms with E-state index in [9.17, 15) is 0 Å². The van der Waals surface area contributed by atoms with Crippen LogP contribution in [0.4, 0.5) is 0 Å². The molecule has 0 radical (unpaired) electrons. The van der Waals surface area contributed by atoms with Gasteiger partial charge in [0.15, 0.2) is 0 Å². The fraction of sp³-hybridized carbons (Fsp3) is 1.00. The quantitative estimate of drug-likeness (QED) is 0.524. The number of nitrogens with one attached hydrogen (secondary N) is 1. The van der Waals surface area contributed by atoms with Gasteiger partial charge in [-0.3, -0.25) is 11.3 Å². The first-order valence-electron chi connectivity index (χ1n) is 6.36. The minimum Gasteiger partial charge on any atom is -0.271 e. The molecule has 0 aromatic carbocycles. The lowest BCUT2D eigenvalue weighted by Gasteiger charge is -2.33. The highest BCUT2D eigenvalue weighted by Crippen LogP contribution is 2.34. The molecule has 1 atom stereocenters. The van der Waals surface area contributed by atoms with Crippen molar-refractivity contribution in [1.82, 2.24) is 5.43 Å². The van der Waals surface area contributed by atoms with Crippen molar-refractivity contribution in [2.75, 3.05) is 0 Å². The van der Waals surface area contributed by atoms with Gasteiger partial charge in [0.25, 0.3) is 0 Å². The Bertz CT molecular complexity index is 160. The molecule has 2 nitrogen and oxygen atoms in total. The number of hydrogen-bond acceptors (Lipinski definition) is 2. The van der Waals surface area contributed by atoms with Crippen molar-refractivity contribution in [3.05, 3.63) is 0 Å². The van der Waals surface area contributed by atoms with Crippen LogP contribution in [-0.2, 0) is 0 Å². The highest BCUT2D eigenvalue weighted by Gasteiger charge is 2.27. The third-order valence-corrected chi connectivity index (χ3v) is 4.29. The van der Waals surface area contributed by atoms with Crippen LogP contribution in [-0.4, -0.2) is 6.04 Å².